The van der Waals surface area contributed by atoms with E-state index in [1.807, 2.05) is 9.97 Å². The lowest BCUT2D eigenvalue weighted by atomic mass is 10.0. The quantitative estimate of drug-likeness (QED) is 0.0148. The smallest absolute Gasteiger partial charge is 0.478 e. The molecular formula is C66H112N8O62P8S4-4. The summed E-state index contributed by atoms with van der Waals surface area (Å²) in [4.78, 5) is 189. The number of nitrogens with zero attached hydrogens (tertiary/aromatic N) is 4. The van der Waals surface area contributed by atoms with Crippen LogP contribution in [0.15, 0.2) is 75.3 Å². The van der Waals surface area contributed by atoms with E-state index in [1.165, 1.54) is 26.2 Å². The molecule has 82 heteroatoms. The van der Waals surface area contributed by atoms with Gasteiger partial charge >= 0.3 is 54.0 Å². The van der Waals surface area contributed by atoms with E-state index in [-0.39, 0.29) is 53.7 Å². The van der Waals surface area contributed by atoms with Crippen LogP contribution < -0.4 is 64.6 Å². The minimum absolute atomic E-state index is 0. The van der Waals surface area contributed by atoms with Crippen molar-refractivity contribution in [1.29, 1.82) is 0 Å². The predicted octanol–water partition coefficient (Wildman–Crippen LogP) is -12.7. The number of phosphoric acid groups is 8. The zero-order chi connectivity index (χ0) is 108. The van der Waals surface area contributed by atoms with Crippen LogP contribution in [0.5, 0.6) is 0 Å². The summed E-state index contributed by atoms with van der Waals surface area (Å²) < 4.78 is 194. The maximum atomic E-state index is 12.2. The molecule has 70 nitrogen and oxygen atoms in total. The van der Waals surface area contributed by atoms with E-state index < -0.39 is 366 Å². The van der Waals surface area contributed by atoms with Crippen molar-refractivity contribution in [1.82, 2.24) is 38.2 Å². The van der Waals surface area contributed by atoms with E-state index >= 15 is 0 Å². The van der Waals surface area contributed by atoms with E-state index in [0.29, 0.717) is 0 Å². The molecule has 8 aliphatic rings. The molecule has 4 aromatic heterocycles. The van der Waals surface area contributed by atoms with Crippen molar-refractivity contribution in [2.75, 3.05) is 52.9 Å². The number of aryl methyl sites for hydroxylation is 2. The third-order valence-electron chi connectivity index (χ3n) is 21.0. The number of H-pyrrole nitrogens is 4. The molecule has 18 unspecified atom stereocenters. The van der Waals surface area contributed by atoms with Crippen molar-refractivity contribution in [2.24, 2.45) is 0 Å². The molecule has 42 atom stereocenters. The fourth-order valence-electron chi connectivity index (χ4n) is 13.6. The monoisotopic (exact) mass is 2380 g/mol. The van der Waals surface area contributed by atoms with E-state index in [9.17, 15) is 196 Å². The second kappa shape index (κ2) is 55.5. The lowest BCUT2D eigenvalue weighted by molar-refractivity contribution is -0.280. The highest BCUT2D eigenvalue weighted by atomic mass is 32.1. The molecule has 8 saturated heterocycles. The number of aliphatic hydroxyl groups excluding tert-OH is 18. The number of rotatable bonds is 36. The number of hydrogen-bond donors (Lipinski definition) is 30. The van der Waals surface area contributed by atoms with Crippen LogP contribution in [0, 0.1) is 13.8 Å². The molecular weight excluding hydrogens is 2270 g/mol. The van der Waals surface area contributed by atoms with Gasteiger partial charge in [-0.2, -0.15) is 50.5 Å². The Bertz CT molecular complexity index is 5600. The van der Waals surface area contributed by atoms with Crippen LogP contribution in [0.25, 0.3) is 0 Å². The molecule has 0 bridgehead atoms. The number of thiol groups is 4. The second-order valence-electron chi connectivity index (χ2n) is 31.3. The largest absolute Gasteiger partial charge is 0.756 e. The van der Waals surface area contributed by atoms with Crippen LogP contribution in [0.2, 0.25) is 0 Å². The first-order valence-electron chi connectivity index (χ1n) is 40.5. The van der Waals surface area contributed by atoms with Crippen LogP contribution >= 0.6 is 113 Å². The van der Waals surface area contributed by atoms with Crippen molar-refractivity contribution in [2.45, 2.75) is 262 Å². The van der Waals surface area contributed by atoms with Crippen molar-refractivity contribution >= 4 is 113 Å². The highest BCUT2D eigenvalue weighted by Gasteiger charge is 2.54. The summed E-state index contributed by atoms with van der Waals surface area (Å²) in [6.45, 7) is -4.03. The van der Waals surface area contributed by atoms with Crippen LogP contribution in [0.1, 0.15) is 78.6 Å². The fraction of sp³-hybridized carbons (Fsp3) is 0.758. The van der Waals surface area contributed by atoms with E-state index in [0.717, 1.165) is 42.8 Å². The lowest BCUT2D eigenvalue weighted by Gasteiger charge is -2.41. The summed E-state index contributed by atoms with van der Waals surface area (Å²) in [5.74, 6) is 0. The highest BCUT2D eigenvalue weighted by molar-refractivity contribution is 7.81. The molecule has 0 aromatic carbocycles. The number of phosphoric ester groups is 8. The van der Waals surface area contributed by atoms with Gasteiger partial charge in [0, 0.05) is 60.9 Å². The summed E-state index contributed by atoms with van der Waals surface area (Å²) in [6, 6.07) is 1.86. The number of aromatic amines is 4. The number of ether oxygens (including phenoxy) is 8. The first-order chi connectivity index (χ1) is 66.6. The number of hydrogen-bond acceptors (Lipinski definition) is 62. The van der Waals surface area contributed by atoms with Crippen LogP contribution in [-0.4, -0.2) is 383 Å². The zero-order valence-corrected chi connectivity index (χ0v) is 83.2. The molecule has 8 fully saturated rings. The average molecular weight is 2390 g/mol. The maximum absolute atomic E-state index is 12.2. The highest BCUT2D eigenvalue weighted by Crippen LogP contribution is 2.64. The Kier molecular flexibility index (Phi) is 50.5. The normalized spacial score (nSPS) is 36.4. The van der Waals surface area contributed by atoms with Crippen LogP contribution in [0.4, 0.5) is 0 Å². The van der Waals surface area contributed by atoms with Crippen molar-refractivity contribution in [3.8, 4) is 0 Å². The molecule has 0 amide bonds. The van der Waals surface area contributed by atoms with E-state index in [4.69, 9.17) is 48.1 Å². The molecule has 0 spiro atoms. The zero-order valence-electron chi connectivity index (χ0n) is 72.5. The molecule has 0 radical (unpaired) electrons. The topological polar surface area (TPSA) is 1080 Å². The number of aromatic nitrogens is 8. The summed E-state index contributed by atoms with van der Waals surface area (Å²) in [5.41, 5.74) is -5.98. The average Bonchev–Trinajstić information content (AvgIpc) is 1.75. The molecule has 12 rings (SSSR count). The van der Waals surface area contributed by atoms with Crippen molar-refractivity contribution in [3.05, 3.63) is 131 Å². The second-order valence-corrected chi connectivity index (χ2v) is 45.5. The third kappa shape index (κ3) is 35.6. The molecule has 0 aliphatic carbocycles. The number of nitrogens with one attached hydrogen (secondary N) is 4. The fourth-order valence-corrected chi connectivity index (χ4v) is 23.6. The maximum Gasteiger partial charge on any atom is 0.478 e. The van der Waals surface area contributed by atoms with Crippen molar-refractivity contribution < 1.29 is 259 Å². The van der Waals surface area contributed by atoms with Crippen molar-refractivity contribution in [3.63, 3.8) is 0 Å². The van der Waals surface area contributed by atoms with Gasteiger partial charge in [0.2, 0.25) is 0 Å². The Morgan fingerprint density at radius 2 is 0.581 bits per heavy atom. The first kappa shape index (κ1) is 135. The van der Waals surface area contributed by atoms with Gasteiger partial charge in [-0.25, -0.2) is 54.7 Å². The minimum atomic E-state index is -5.79. The number of aliphatic hydroxyl groups is 18. The van der Waals surface area contributed by atoms with Gasteiger partial charge < -0.3 is 169 Å². The molecule has 148 heavy (non-hydrogen) atoms. The van der Waals surface area contributed by atoms with E-state index in [2.05, 4.69) is 114 Å². The molecule has 4 aromatic rings. The Morgan fingerprint density at radius 3 is 0.858 bits per heavy atom. The van der Waals surface area contributed by atoms with Crippen LogP contribution in [0.3, 0.4) is 0 Å². The standard InChI is InChI=1S/2C16H26N2O15P2S.2C15H24N2O16P2S.4CH4/c1-6-3-18(16(24)17-14(6)23)10-2-7(20)9(30-10)5-29-34(25,26)33-35(27,28)32-15-12(22)11(21)13(36)8(4-19)31-15;1-6-3-18(16(24)17-14(6)23)10-2-7(20)9(30-10)5-29-34(25,26)33-35(27,28)32-15-13(36)12(22)11(21)8(4-19)31-15;18-3-5-12(36)9(21)11(23)14(31-5)32-35(27,28)33-34(25,26)29-4-6-8(20)10(22)13(30-6)17-2-1-7(19)16-15(17)24;18-3-5-8(20)10(22)12(36)14(31-5)32-35(27,28)33-34(25,26)29-4-6-9(21)11(23)13(30-6)17-2-1-7(19)16-15(17)24;;;;/h2*3,7-13,15,19-22,36H,2,4-5H2,1H3,(H,25,26)(H,27,28)(H,17,23,24);2*1-2,5-6,8-14,18,20-23,36H,3-4H2,(H,25,26)(H,27,28)(H,16,19,24);4*1H4/p-4/t7-,8?,9-,10-,11-,12?,13-,15-;7-,8?,9-,10-,11-,12+,13?,15-;5?,6-,8+,9-,10?,11?,12-,13-,14-;5?,6-,8-,9+,10+,11?,12?,13-,14-;;;;/m1111..../s1. The molecule has 8 aliphatic heterocycles. The van der Waals surface area contributed by atoms with Crippen LogP contribution in [-0.2, 0) is 128 Å². The Balaban J connectivity index is 0.000000344. The predicted molar refractivity (Wildman–Crippen MR) is 487 cm³/mol. The summed E-state index contributed by atoms with van der Waals surface area (Å²) in [5, 5.41) is 171. The van der Waals surface area contributed by atoms with Gasteiger partial charge in [0.1, 0.15) is 97.9 Å². The van der Waals surface area contributed by atoms with Gasteiger partial charge in [-0.15, -0.1) is 0 Å². The summed E-state index contributed by atoms with van der Waals surface area (Å²) in [7, 11) is -44.7. The summed E-state index contributed by atoms with van der Waals surface area (Å²) >= 11 is 15.6. The summed E-state index contributed by atoms with van der Waals surface area (Å²) in [6.07, 6.45) is -44.3. The van der Waals surface area contributed by atoms with Gasteiger partial charge in [0.25, 0.3) is 53.5 Å². The van der Waals surface area contributed by atoms with Gasteiger partial charge in [-0.05, 0) is 13.8 Å². The molecule has 0 saturated carbocycles. The lowest BCUT2D eigenvalue weighted by Crippen LogP contribution is -2.57. The van der Waals surface area contributed by atoms with Gasteiger partial charge in [-0.1, -0.05) is 29.7 Å². The molecule has 12 heterocycles. The molecule has 26 N–H and O–H groups in total. The molecule has 856 valence electrons. The SMILES string of the molecule is C.C.C.C.Cc1cn([C@H]2C[C@@H](O)[C@@H](COP(=O)(O)OP(=O)([O-])O[C@H]3OC(CO)[C@@H](O)[C@H](O)C3S)O2)c(=O)[nH]c1=O.Cc1cn([C@H]2C[C@@H](O)[C@@H](COP(=O)(O)OP(=O)([O-])O[C@H]3OC(CO)[C@@H](S)[C@H](O)C3O)O2)c(=O)[nH]c1=O.O=c1ccn([C@@H]2O[C@H](COP(=O)(O)OP(=O)([O-])O[C@H]3OC(CO)[C@@H](O)[C@H](O)C3S)[C@H](O)C2O)c(=O)[nH]1.O=c1ccn([C@@H]2O[C@H](COP(=O)(O)OP(=O)([O-])O[C@H]3OC(CO)[C@@H](S)[C@H](O)C3O)[C@H](O)C2O)c(=O)[nH]1. The Hall–Kier alpha value is -3.88. The van der Waals surface area contributed by atoms with Gasteiger partial charge in [-0.3, -0.25) is 112 Å². The van der Waals surface area contributed by atoms with E-state index in [1.54, 1.807) is 0 Å². The van der Waals surface area contributed by atoms with Gasteiger partial charge in [0.15, 0.2) is 37.6 Å². The third-order valence-corrected chi connectivity index (χ3v) is 33.6. The Morgan fingerprint density at radius 1 is 0.331 bits per heavy atom. The Labute approximate surface area is 852 Å². The minimum Gasteiger partial charge on any atom is -0.756 e. The van der Waals surface area contributed by atoms with Gasteiger partial charge in [0.05, 0.1) is 123 Å². The first-order valence-corrected chi connectivity index (χ1v) is 54.4.